The first-order chi connectivity index (χ1) is 6.15. The van der Waals surface area contributed by atoms with Gasteiger partial charge in [-0.25, -0.2) is 9.38 Å². The SMILES string of the molecule is ONC=Nc1c(F)cc(Br)cc1Br. The van der Waals surface area contributed by atoms with Gasteiger partial charge >= 0.3 is 0 Å². The van der Waals surface area contributed by atoms with Crippen LogP contribution < -0.4 is 5.48 Å². The molecular formula is C7H5Br2FN2O. The van der Waals surface area contributed by atoms with Gasteiger partial charge in [-0.1, -0.05) is 15.9 Å². The van der Waals surface area contributed by atoms with Crippen LogP contribution in [0.15, 0.2) is 26.1 Å². The molecule has 0 aromatic heterocycles. The quantitative estimate of drug-likeness (QED) is 0.501. The second kappa shape index (κ2) is 4.69. The van der Waals surface area contributed by atoms with Gasteiger partial charge in [0.15, 0.2) is 5.82 Å². The van der Waals surface area contributed by atoms with Gasteiger partial charge in [0.2, 0.25) is 0 Å². The number of benzene rings is 1. The molecule has 0 aliphatic rings. The number of aliphatic imine (C=N–C) groups is 1. The van der Waals surface area contributed by atoms with Gasteiger partial charge in [0.05, 0.1) is 0 Å². The lowest BCUT2D eigenvalue weighted by atomic mass is 10.3. The van der Waals surface area contributed by atoms with Crippen molar-refractivity contribution in [3.63, 3.8) is 0 Å². The van der Waals surface area contributed by atoms with E-state index < -0.39 is 5.82 Å². The molecule has 2 N–H and O–H groups in total. The summed E-state index contributed by atoms with van der Waals surface area (Å²) in [6.07, 6.45) is 0.983. The molecule has 1 aromatic carbocycles. The fraction of sp³-hybridized carbons (Fsp3) is 0. The molecule has 0 unspecified atom stereocenters. The highest BCUT2D eigenvalue weighted by atomic mass is 79.9. The summed E-state index contributed by atoms with van der Waals surface area (Å²) in [5.74, 6) is -0.479. The molecule has 0 aliphatic carbocycles. The fourth-order valence-corrected chi connectivity index (χ4v) is 2.03. The summed E-state index contributed by atoms with van der Waals surface area (Å²) in [5.41, 5.74) is 1.82. The van der Waals surface area contributed by atoms with Gasteiger partial charge in [-0.3, -0.25) is 10.7 Å². The van der Waals surface area contributed by atoms with Crippen LogP contribution in [-0.2, 0) is 0 Å². The van der Waals surface area contributed by atoms with Crippen molar-refractivity contribution < 1.29 is 9.60 Å². The molecule has 3 nitrogen and oxygen atoms in total. The van der Waals surface area contributed by atoms with Crippen LogP contribution in [0.5, 0.6) is 0 Å². The van der Waals surface area contributed by atoms with Crippen molar-refractivity contribution in [1.29, 1.82) is 0 Å². The summed E-state index contributed by atoms with van der Waals surface area (Å²) in [7, 11) is 0. The first-order valence-corrected chi connectivity index (χ1v) is 4.80. The Balaban J connectivity index is 3.13. The number of hydrogen-bond donors (Lipinski definition) is 2. The van der Waals surface area contributed by atoms with Gasteiger partial charge in [0.1, 0.15) is 12.0 Å². The van der Waals surface area contributed by atoms with E-state index >= 15 is 0 Å². The number of hydrogen-bond acceptors (Lipinski definition) is 2. The van der Waals surface area contributed by atoms with Crippen LogP contribution in [0.4, 0.5) is 10.1 Å². The van der Waals surface area contributed by atoms with Crippen LogP contribution in [0.25, 0.3) is 0 Å². The molecule has 0 radical (unpaired) electrons. The Bertz CT molecular complexity index is 320. The predicted molar refractivity (Wildman–Crippen MR) is 54.9 cm³/mol. The lowest BCUT2D eigenvalue weighted by Crippen LogP contribution is -2.01. The van der Waals surface area contributed by atoms with Crippen LogP contribution in [0.1, 0.15) is 0 Å². The maximum atomic E-state index is 13.2. The minimum Gasteiger partial charge on any atom is -0.290 e. The van der Waals surface area contributed by atoms with Crippen molar-refractivity contribution in [2.75, 3.05) is 0 Å². The first kappa shape index (κ1) is 10.6. The highest BCUT2D eigenvalue weighted by Crippen LogP contribution is 2.31. The Morgan fingerprint density at radius 3 is 2.69 bits per heavy atom. The minimum atomic E-state index is -0.479. The van der Waals surface area contributed by atoms with Gasteiger partial charge in [0.25, 0.3) is 0 Å². The summed E-state index contributed by atoms with van der Waals surface area (Å²) in [6, 6.07) is 2.95. The van der Waals surface area contributed by atoms with E-state index in [1.807, 2.05) is 0 Å². The van der Waals surface area contributed by atoms with Crippen molar-refractivity contribution in [3.8, 4) is 0 Å². The number of nitrogens with zero attached hydrogens (tertiary/aromatic N) is 1. The van der Waals surface area contributed by atoms with E-state index in [1.54, 1.807) is 11.5 Å². The first-order valence-electron chi connectivity index (χ1n) is 3.22. The number of hydroxylamine groups is 1. The molecule has 0 atom stereocenters. The minimum absolute atomic E-state index is 0.129. The summed E-state index contributed by atoms with van der Waals surface area (Å²) < 4.78 is 14.3. The summed E-state index contributed by atoms with van der Waals surface area (Å²) >= 11 is 6.26. The monoisotopic (exact) mass is 310 g/mol. The molecule has 0 spiro atoms. The van der Waals surface area contributed by atoms with Gasteiger partial charge in [0, 0.05) is 8.95 Å². The molecule has 13 heavy (non-hydrogen) atoms. The molecule has 0 saturated carbocycles. The highest BCUT2D eigenvalue weighted by molar-refractivity contribution is 9.11. The largest absolute Gasteiger partial charge is 0.290 e. The second-order valence-corrected chi connectivity index (χ2v) is 3.88. The van der Waals surface area contributed by atoms with Gasteiger partial charge in [-0.2, -0.15) is 0 Å². The summed E-state index contributed by atoms with van der Waals surface area (Å²) in [4.78, 5) is 3.64. The normalized spacial score (nSPS) is 10.8. The van der Waals surface area contributed by atoms with E-state index in [1.165, 1.54) is 6.07 Å². The van der Waals surface area contributed by atoms with Gasteiger partial charge in [-0.05, 0) is 28.1 Å². The zero-order valence-corrected chi connectivity index (χ0v) is 9.43. The third kappa shape index (κ3) is 2.75. The molecule has 0 saturated heterocycles. The van der Waals surface area contributed by atoms with Gasteiger partial charge < -0.3 is 0 Å². The summed E-state index contributed by atoms with van der Waals surface area (Å²) in [6.45, 7) is 0. The van der Waals surface area contributed by atoms with Crippen molar-refractivity contribution in [2.45, 2.75) is 0 Å². The average molecular weight is 312 g/mol. The highest BCUT2D eigenvalue weighted by Gasteiger charge is 2.06. The van der Waals surface area contributed by atoms with Crippen molar-refractivity contribution in [2.24, 2.45) is 4.99 Å². The standard InChI is InChI=1S/C7H5Br2FN2O/c8-4-1-5(9)7(6(10)2-4)11-3-12-13/h1-3,13H,(H,11,12). The van der Waals surface area contributed by atoms with Crippen LogP contribution in [-0.4, -0.2) is 11.5 Å². The topological polar surface area (TPSA) is 44.6 Å². The Morgan fingerprint density at radius 1 is 1.46 bits per heavy atom. The molecule has 0 heterocycles. The molecule has 6 heteroatoms. The van der Waals surface area contributed by atoms with E-state index in [4.69, 9.17) is 5.21 Å². The van der Waals surface area contributed by atoms with E-state index in [2.05, 4.69) is 36.9 Å². The maximum Gasteiger partial charge on any atom is 0.151 e. The van der Waals surface area contributed by atoms with E-state index in [-0.39, 0.29) is 5.69 Å². The molecule has 0 bridgehead atoms. The van der Waals surface area contributed by atoms with Crippen LogP contribution in [0.3, 0.4) is 0 Å². The van der Waals surface area contributed by atoms with Crippen molar-refractivity contribution in [1.82, 2.24) is 5.48 Å². The van der Waals surface area contributed by atoms with E-state index in [0.29, 0.717) is 8.95 Å². The Labute approximate surface area is 90.9 Å². The number of rotatable bonds is 2. The number of nitrogens with one attached hydrogen (secondary N) is 1. The van der Waals surface area contributed by atoms with Gasteiger partial charge in [-0.15, -0.1) is 0 Å². The Hall–Kier alpha value is -0.460. The zero-order chi connectivity index (χ0) is 9.84. The molecule has 1 rings (SSSR count). The number of halogens is 3. The Morgan fingerprint density at radius 2 is 2.15 bits per heavy atom. The fourth-order valence-electron chi connectivity index (χ4n) is 0.751. The molecule has 1 aromatic rings. The molecule has 0 fully saturated rings. The summed E-state index contributed by atoms with van der Waals surface area (Å²) in [5, 5.41) is 8.22. The van der Waals surface area contributed by atoms with E-state index in [9.17, 15) is 4.39 Å². The van der Waals surface area contributed by atoms with Crippen molar-refractivity contribution >= 4 is 43.9 Å². The van der Waals surface area contributed by atoms with Crippen LogP contribution in [0.2, 0.25) is 0 Å². The third-order valence-corrected chi connectivity index (χ3v) is 2.30. The molecule has 0 amide bonds. The van der Waals surface area contributed by atoms with Crippen LogP contribution in [0, 0.1) is 5.82 Å². The third-order valence-electron chi connectivity index (χ3n) is 1.23. The lowest BCUT2D eigenvalue weighted by molar-refractivity contribution is 0.240. The maximum absolute atomic E-state index is 13.2. The van der Waals surface area contributed by atoms with Crippen LogP contribution >= 0.6 is 31.9 Å². The van der Waals surface area contributed by atoms with E-state index in [0.717, 1.165) is 6.34 Å². The Kier molecular flexibility index (Phi) is 3.83. The smallest absolute Gasteiger partial charge is 0.151 e. The van der Waals surface area contributed by atoms with Crippen molar-refractivity contribution in [3.05, 3.63) is 26.9 Å². The second-order valence-electron chi connectivity index (χ2n) is 2.11. The lowest BCUT2D eigenvalue weighted by Gasteiger charge is -2.00. The average Bonchev–Trinajstić information content (AvgIpc) is 2.02. The molecule has 0 aliphatic heterocycles. The predicted octanol–water partition coefficient (Wildman–Crippen LogP) is 2.99. The molecule has 70 valence electrons. The zero-order valence-electron chi connectivity index (χ0n) is 6.26. The molecular weight excluding hydrogens is 307 g/mol.